The van der Waals surface area contributed by atoms with Crippen LogP contribution in [0.2, 0.25) is 0 Å². The first kappa shape index (κ1) is 14.5. The van der Waals surface area contributed by atoms with Crippen molar-refractivity contribution in [3.8, 4) is 0 Å². The Morgan fingerprint density at radius 2 is 1.40 bits per heavy atom. The van der Waals surface area contributed by atoms with Gasteiger partial charge in [0.15, 0.2) is 5.78 Å². The molecule has 20 heavy (non-hydrogen) atoms. The number of carbonyl (C=O) groups is 1. The first-order valence-electron chi connectivity index (χ1n) is 7.14. The molecule has 0 amide bonds. The van der Waals surface area contributed by atoms with Crippen LogP contribution in [0.3, 0.4) is 0 Å². The SMILES string of the molecule is Cc1ccc(CCC(=O)c2c(C)cc(C)cc2C)cc1. The molecule has 0 aliphatic heterocycles. The number of ketones is 1. The largest absolute Gasteiger partial charge is 0.294 e. The van der Waals surface area contributed by atoms with E-state index >= 15 is 0 Å². The third kappa shape index (κ3) is 3.36. The quantitative estimate of drug-likeness (QED) is 0.731. The average Bonchev–Trinajstić information content (AvgIpc) is 2.37. The van der Waals surface area contributed by atoms with Crippen LogP contribution in [0.25, 0.3) is 0 Å². The zero-order valence-electron chi connectivity index (χ0n) is 12.8. The third-order valence-corrected chi connectivity index (χ3v) is 3.72. The molecular formula is C19H22O. The van der Waals surface area contributed by atoms with Gasteiger partial charge in [0, 0.05) is 12.0 Å². The molecule has 0 saturated carbocycles. The van der Waals surface area contributed by atoms with E-state index < -0.39 is 0 Å². The highest BCUT2D eigenvalue weighted by molar-refractivity contribution is 5.99. The van der Waals surface area contributed by atoms with E-state index in [0.29, 0.717) is 6.42 Å². The summed E-state index contributed by atoms with van der Waals surface area (Å²) in [5.74, 6) is 0.251. The summed E-state index contributed by atoms with van der Waals surface area (Å²) >= 11 is 0. The van der Waals surface area contributed by atoms with Gasteiger partial charge in [-0.2, -0.15) is 0 Å². The molecule has 0 unspecified atom stereocenters. The van der Waals surface area contributed by atoms with Gasteiger partial charge in [0.25, 0.3) is 0 Å². The Bertz CT molecular complexity index is 598. The zero-order valence-corrected chi connectivity index (χ0v) is 12.8. The molecule has 0 saturated heterocycles. The van der Waals surface area contributed by atoms with Gasteiger partial charge in [-0.15, -0.1) is 0 Å². The van der Waals surface area contributed by atoms with Gasteiger partial charge >= 0.3 is 0 Å². The summed E-state index contributed by atoms with van der Waals surface area (Å²) in [6, 6.07) is 12.6. The smallest absolute Gasteiger partial charge is 0.163 e. The van der Waals surface area contributed by atoms with Crippen LogP contribution in [-0.2, 0) is 6.42 Å². The van der Waals surface area contributed by atoms with Gasteiger partial charge in [-0.05, 0) is 50.8 Å². The van der Waals surface area contributed by atoms with Gasteiger partial charge in [-0.3, -0.25) is 4.79 Å². The second-order valence-corrected chi connectivity index (χ2v) is 5.68. The molecule has 1 heteroatoms. The lowest BCUT2D eigenvalue weighted by Crippen LogP contribution is -2.06. The summed E-state index contributed by atoms with van der Waals surface area (Å²) < 4.78 is 0. The lowest BCUT2D eigenvalue weighted by Gasteiger charge is -2.10. The molecule has 0 fully saturated rings. The number of hydrogen-bond acceptors (Lipinski definition) is 1. The standard InChI is InChI=1S/C19H22O/c1-13-5-7-17(8-6-13)9-10-18(20)19-15(3)11-14(2)12-16(19)4/h5-8,11-12H,9-10H2,1-4H3. The van der Waals surface area contributed by atoms with Gasteiger partial charge < -0.3 is 0 Å². The van der Waals surface area contributed by atoms with Crippen molar-refractivity contribution in [1.82, 2.24) is 0 Å². The van der Waals surface area contributed by atoms with E-state index in [4.69, 9.17) is 0 Å². The summed E-state index contributed by atoms with van der Waals surface area (Å²) in [7, 11) is 0. The van der Waals surface area contributed by atoms with Gasteiger partial charge in [-0.25, -0.2) is 0 Å². The number of rotatable bonds is 4. The average molecular weight is 266 g/mol. The minimum Gasteiger partial charge on any atom is -0.294 e. The van der Waals surface area contributed by atoms with Crippen molar-refractivity contribution < 1.29 is 4.79 Å². The highest BCUT2D eigenvalue weighted by atomic mass is 16.1. The fourth-order valence-corrected chi connectivity index (χ4v) is 2.76. The molecule has 1 nitrogen and oxygen atoms in total. The Balaban J connectivity index is 2.11. The molecule has 2 aromatic rings. The zero-order chi connectivity index (χ0) is 14.7. The highest BCUT2D eigenvalue weighted by Crippen LogP contribution is 2.19. The van der Waals surface area contributed by atoms with Crippen molar-refractivity contribution in [2.24, 2.45) is 0 Å². The Hall–Kier alpha value is -1.89. The Morgan fingerprint density at radius 3 is 1.95 bits per heavy atom. The molecule has 0 bridgehead atoms. The van der Waals surface area contributed by atoms with Crippen LogP contribution in [0.1, 0.15) is 44.6 Å². The van der Waals surface area contributed by atoms with Crippen LogP contribution < -0.4 is 0 Å². The number of benzene rings is 2. The molecule has 0 N–H and O–H groups in total. The molecule has 104 valence electrons. The second-order valence-electron chi connectivity index (χ2n) is 5.68. The maximum Gasteiger partial charge on any atom is 0.163 e. The van der Waals surface area contributed by atoms with Crippen LogP contribution in [-0.4, -0.2) is 5.78 Å². The van der Waals surface area contributed by atoms with Crippen LogP contribution in [0.15, 0.2) is 36.4 Å². The number of carbonyl (C=O) groups excluding carboxylic acids is 1. The second kappa shape index (κ2) is 6.04. The fraction of sp³-hybridized carbons (Fsp3) is 0.316. The van der Waals surface area contributed by atoms with Gasteiger partial charge in [0.2, 0.25) is 0 Å². The summed E-state index contributed by atoms with van der Waals surface area (Å²) in [5, 5.41) is 0. The molecule has 0 radical (unpaired) electrons. The normalized spacial score (nSPS) is 10.6. The van der Waals surface area contributed by atoms with Gasteiger partial charge in [0.1, 0.15) is 0 Å². The summed E-state index contributed by atoms with van der Waals surface area (Å²) in [6.07, 6.45) is 1.39. The highest BCUT2D eigenvalue weighted by Gasteiger charge is 2.12. The van der Waals surface area contributed by atoms with E-state index in [1.165, 1.54) is 16.7 Å². The molecule has 0 aliphatic carbocycles. The van der Waals surface area contributed by atoms with E-state index in [9.17, 15) is 4.79 Å². The molecule has 0 aliphatic rings. The van der Waals surface area contributed by atoms with Gasteiger partial charge in [-0.1, -0.05) is 47.5 Å². The van der Waals surface area contributed by atoms with Crippen molar-refractivity contribution in [3.63, 3.8) is 0 Å². The summed E-state index contributed by atoms with van der Waals surface area (Å²) in [6.45, 7) is 8.20. The minimum atomic E-state index is 0.251. The van der Waals surface area contributed by atoms with Crippen LogP contribution in [0, 0.1) is 27.7 Å². The third-order valence-electron chi connectivity index (χ3n) is 3.72. The monoisotopic (exact) mass is 266 g/mol. The minimum absolute atomic E-state index is 0.251. The number of aryl methyl sites for hydroxylation is 5. The molecule has 0 spiro atoms. The maximum absolute atomic E-state index is 12.4. The molecule has 0 heterocycles. The fourth-order valence-electron chi connectivity index (χ4n) is 2.76. The Kier molecular flexibility index (Phi) is 4.39. The predicted octanol–water partition coefficient (Wildman–Crippen LogP) is 4.74. The van der Waals surface area contributed by atoms with E-state index in [1.54, 1.807) is 0 Å². The van der Waals surface area contributed by atoms with Crippen LogP contribution in [0.5, 0.6) is 0 Å². The van der Waals surface area contributed by atoms with E-state index in [-0.39, 0.29) is 5.78 Å². The van der Waals surface area contributed by atoms with Crippen LogP contribution in [0.4, 0.5) is 0 Å². The number of hydrogen-bond donors (Lipinski definition) is 0. The molecule has 0 atom stereocenters. The Morgan fingerprint density at radius 1 is 0.850 bits per heavy atom. The lowest BCUT2D eigenvalue weighted by atomic mass is 9.93. The predicted molar refractivity (Wildman–Crippen MR) is 84.5 cm³/mol. The first-order chi connectivity index (χ1) is 9.47. The summed E-state index contributed by atoms with van der Waals surface area (Å²) in [5.41, 5.74) is 6.79. The Labute approximate surface area is 121 Å². The van der Waals surface area contributed by atoms with Crippen molar-refractivity contribution in [2.45, 2.75) is 40.5 Å². The van der Waals surface area contributed by atoms with Crippen molar-refractivity contribution >= 4 is 5.78 Å². The maximum atomic E-state index is 12.4. The molecule has 0 aromatic heterocycles. The van der Waals surface area contributed by atoms with E-state index in [2.05, 4.69) is 50.2 Å². The van der Waals surface area contributed by atoms with E-state index in [0.717, 1.165) is 23.1 Å². The lowest BCUT2D eigenvalue weighted by molar-refractivity contribution is 0.0981. The number of Topliss-reactive ketones (excluding diaryl/α,β-unsaturated/α-hetero) is 1. The van der Waals surface area contributed by atoms with Crippen molar-refractivity contribution in [3.05, 3.63) is 69.8 Å². The van der Waals surface area contributed by atoms with Crippen molar-refractivity contribution in [1.29, 1.82) is 0 Å². The van der Waals surface area contributed by atoms with Crippen molar-refractivity contribution in [2.75, 3.05) is 0 Å². The van der Waals surface area contributed by atoms with E-state index in [1.807, 2.05) is 13.8 Å². The molecule has 2 rings (SSSR count). The topological polar surface area (TPSA) is 17.1 Å². The van der Waals surface area contributed by atoms with Gasteiger partial charge in [0.05, 0.1) is 0 Å². The summed E-state index contributed by atoms with van der Waals surface area (Å²) in [4.78, 5) is 12.4. The first-order valence-corrected chi connectivity index (χ1v) is 7.14. The molecule has 2 aromatic carbocycles. The van der Waals surface area contributed by atoms with Crippen LogP contribution >= 0.6 is 0 Å². The molecular weight excluding hydrogens is 244 g/mol.